The molecular formula is C13H25NO2. The molecule has 0 aromatic heterocycles. The van der Waals surface area contributed by atoms with Crippen molar-refractivity contribution in [3.05, 3.63) is 0 Å². The van der Waals surface area contributed by atoms with Crippen LogP contribution in [-0.4, -0.2) is 50.5 Å². The Morgan fingerprint density at radius 3 is 2.38 bits per heavy atom. The molecule has 0 unspecified atom stereocenters. The van der Waals surface area contributed by atoms with Gasteiger partial charge in [-0.25, -0.2) is 0 Å². The summed E-state index contributed by atoms with van der Waals surface area (Å²) in [5, 5.41) is 0. The lowest BCUT2D eigenvalue weighted by Crippen LogP contribution is -2.39. The molecule has 16 heavy (non-hydrogen) atoms. The van der Waals surface area contributed by atoms with Crippen molar-refractivity contribution in [3.8, 4) is 0 Å². The fraction of sp³-hybridized carbons (Fsp3) is 1.00. The van der Waals surface area contributed by atoms with Crippen LogP contribution in [0, 0.1) is 5.92 Å². The number of likely N-dealkylation sites (tertiary alicyclic amines) is 1. The molecule has 2 rings (SSSR count). The second-order valence-electron chi connectivity index (χ2n) is 5.16. The normalized spacial score (nSPS) is 32.6. The van der Waals surface area contributed by atoms with Gasteiger partial charge >= 0.3 is 0 Å². The molecule has 0 atom stereocenters. The summed E-state index contributed by atoms with van der Waals surface area (Å²) in [5.74, 6) is 0.796. The largest absolute Gasteiger partial charge is 0.381 e. The molecule has 0 amide bonds. The maximum Gasteiger partial charge on any atom is 0.0624 e. The molecule has 1 heterocycles. The van der Waals surface area contributed by atoms with E-state index in [0.717, 1.165) is 25.4 Å². The van der Waals surface area contributed by atoms with Gasteiger partial charge in [0.1, 0.15) is 0 Å². The van der Waals surface area contributed by atoms with Gasteiger partial charge in [-0.15, -0.1) is 0 Å². The zero-order valence-corrected chi connectivity index (χ0v) is 10.7. The maximum absolute atomic E-state index is 5.92. The highest BCUT2D eigenvalue weighted by molar-refractivity contribution is 4.81. The van der Waals surface area contributed by atoms with Crippen molar-refractivity contribution >= 4 is 0 Å². The van der Waals surface area contributed by atoms with Crippen LogP contribution < -0.4 is 0 Å². The molecule has 0 bridgehead atoms. The molecule has 0 aromatic rings. The van der Waals surface area contributed by atoms with Gasteiger partial charge in [0.2, 0.25) is 0 Å². The molecule has 1 aliphatic carbocycles. The summed E-state index contributed by atoms with van der Waals surface area (Å²) in [4.78, 5) is 2.53. The van der Waals surface area contributed by atoms with Gasteiger partial charge < -0.3 is 14.4 Å². The van der Waals surface area contributed by atoms with Gasteiger partial charge in [-0.05, 0) is 51.2 Å². The second kappa shape index (κ2) is 5.99. The molecular weight excluding hydrogens is 202 g/mol. The highest BCUT2D eigenvalue weighted by Gasteiger charge is 2.30. The lowest BCUT2D eigenvalue weighted by atomic mass is 9.91. The third kappa shape index (κ3) is 3.19. The van der Waals surface area contributed by atoms with E-state index in [1.807, 2.05) is 0 Å². The van der Waals surface area contributed by atoms with Crippen LogP contribution in [0.5, 0.6) is 0 Å². The average Bonchev–Trinajstić information content (AvgIpc) is 2.28. The third-order valence-corrected chi connectivity index (χ3v) is 4.11. The number of methoxy groups -OCH3 is 1. The van der Waals surface area contributed by atoms with E-state index in [1.54, 1.807) is 7.11 Å². The highest BCUT2D eigenvalue weighted by Crippen LogP contribution is 2.27. The molecule has 0 radical (unpaired) electrons. The van der Waals surface area contributed by atoms with Crippen LogP contribution in [0.1, 0.15) is 32.6 Å². The summed E-state index contributed by atoms with van der Waals surface area (Å²) in [6.07, 6.45) is 5.78. The molecule has 1 saturated carbocycles. The van der Waals surface area contributed by atoms with Crippen LogP contribution in [0.15, 0.2) is 0 Å². The molecule has 3 nitrogen and oxygen atoms in total. The quantitative estimate of drug-likeness (QED) is 0.716. The van der Waals surface area contributed by atoms with Gasteiger partial charge in [0.25, 0.3) is 0 Å². The van der Waals surface area contributed by atoms with Gasteiger partial charge in [0.15, 0.2) is 0 Å². The Balaban J connectivity index is 1.54. The zero-order chi connectivity index (χ0) is 11.4. The number of hydrogen-bond donors (Lipinski definition) is 0. The molecule has 1 saturated heterocycles. The molecule has 2 fully saturated rings. The summed E-state index contributed by atoms with van der Waals surface area (Å²) in [6.45, 7) is 6.94. The van der Waals surface area contributed by atoms with Crippen LogP contribution in [0.2, 0.25) is 0 Å². The third-order valence-electron chi connectivity index (χ3n) is 4.11. The molecule has 0 spiro atoms. The fourth-order valence-corrected chi connectivity index (χ4v) is 2.59. The van der Waals surface area contributed by atoms with Crippen molar-refractivity contribution in [1.82, 2.24) is 4.90 Å². The van der Waals surface area contributed by atoms with E-state index < -0.39 is 0 Å². The van der Waals surface area contributed by atoms with Crippen LogP contribution in [0.3, 0.4) is 0 Å². The van der Waals surface area contributed by atoms with E-state index in [2.05, 4.69) is 11.8 Å². The Hall–Kier alpha value is -0.120. The number of rotatable bonds is 5. The van der Waals surface area contributed by atoms with Crippen molar-refractivity contribution in [3.63, 3.8) is 0 Å². The Morgan fingerprint density at radius 1 is 1.12 bits per heavy atom. The van der Waals surface area contributed by atoms with E-state index in [-0.39, 0.29) is 0 Å². The first-order valence-corrected chi connectivity index (χ1v) is 6.68. The zero-order valence-electron chi connectivity index (χ0n) is 10.7. The standard InChI is InChI=1S/C13H25NO2/c1-3-14-6-4-11(5-7-14)10-16-13-8-12(9-13)15-2/h11-13H,3-10H2,1-2H3. The summed E-state index contributed by atoms with van der Waals surface area (Å²) < 4.78 is 11.2. The summed E-state index contributed by atoms with van der Waals surface area (Å²) in [5.41, 5.74) is 0. The topological polar surface area (TPSA) is 21.7 Å². The van der Waals surface area contributed by atoms with Crippen LogP contribution in [-0.2, 0) is 9.47 Å². The van der Waals surface area contributed by atoms with Gasteiger partial charge in [0, 0.05) is 13.7 Å². The Labute approximate surface area is 99.1 Å². The predicted molar refractivity (Wildman–Crippen MR) is 64.6 cm³/mol. The molecule has 0 aromatic carbocycles. The van der Waals surface area contributed by atoms with Crippen molar-refractivity contribution in [2.24, 2.45) is 5.92 Å². The van der Waals surface area contributed by atoms with Gasteiger partial charge in [-0.1, -0.05) is 6.92 Å². The van der Waals surface area contributed by atoms with Crippen LogP contribution in [0.25, 0.3) is 0 Å². The maximum atomic E-state index is 5.92. The fourth-order valence-electron chi connectivity index (χ4n) is 2.59. The van der Waals surface area contributed by atoms with Crippen LogP contribution >= 0.6 is 0 Å². The molecule has 94 valence electrons. The predicted octanol–water partition coefficient (Wildman–Crippen LogP) is 1.91. The monoisotopic (exact) mass is 227 g/mol. The minimum absolute atomic E-state index is 0.465. The van der Waals surface area contributed by atoms with Crippen molar-refractivity contribution in [2.45, 2.75) is 44.8 Å². The van der Waals surface area contributed by atoms with E-state index in [0.29, 0.717) is 12.2 Å². The first kappa shape index (κ1) is 12.3. The minimum atomic E-state index is 0.465. The van der Waals surface area contributed by atoms with E-state index in [1.165, 1.54) is 32.5 Å². The summed E-state index contributed by atoms with van der Waals surface area (Å²) >= 11 is 0. The van der Waals surface area contributed by atoms with E-state index in [4.69, 9.17) is 9.47 Å². The Bertz CT molecular complexity index is 196. The highest BCUT2D eigenvalue weighted by atomic mass is 16.5. The average molecular weight is 227 g/mol. The van der Waals surface area contributed by atoms with E-state index in [9.17, 15) is 0 Å². The van der Waals surface area contributed by atoms with Crippen molar-refractivity contribution in [2.75, 3.05) is 33.4 Å². The smallest absolute Gasteiger partial charge is 0.0624 e. The first-order valence-electron chi connectivity index (χ1n) is 6.68. The number of piperidine rings is 1. The van der Waals surface area contributed by atoms with Crippen molar-refractivity contribution < 1.29 is 9.47 Å². The van der Waals surface area contributed by atoms with Gasteiger partial charge in [0.05, 0.1) is 12.2 Å². The van der Waals surface area contributed by atoms with Crippen LogP contribution in [0.4, 0.5) is 0 Å². The molecule has 2 aliphatic rings. The summed E-state index contributed by atoms with van der Waals surface area (Å²) in [6, 6.07) is 0. The van der Waals surface area contributed by atoms with Gasteiger partial charge in [-0.3, -0.25) is 0 Å². The number of ether oxygens (including phenoxy) is 2. The SMILES string of the molecule is CCN1CCC(COC2CC(OC)C2)CC1. The Morgan fingerprint density at radius 2 is 1.81 bits per heavy atom. The molecule has 3 heteroatoms. The molecule has 0 N–H and O–H groups in total. The molecule has 1 aliphatic heterocycles. The Kier molecular flexibility index (Phi) is 4.62. The lowest BCUT2D eigenvalue weighted by Gasteiger charge is -2.36. The number of hydrogen-bond acceptors (Lipinski definition) is 3. The van der Waals surface area contributed by atoms with Gasteiger partial charge in [-0.2, -0.15) is 0 Å². The van der Waals surface area contributed by atoms with Crippen molar-refractivity contribution in [1.29, 1.82) is 0 Å². The summed E-state index contributed by atoms with van der Waals surface area (Å²) in [7, 11) is 1.79. The van der Waals surface area contributed by atoms with E-state index >= 15 is 0 Å². The minimum Gasteiger partial charge on any atom is -0.381 e. The second-order valence-corrected chi connectivity index (χ2v) is 5.16. The lowest BCUT2D eigenvalue weighted by molar-refractivity contribution is -0.0977. The first-order chi connectivity index (χ1) is 7.81. The number of nitrogens with zero attached hydrogens (tertiary/aromatic N) is 1.